The van der Waals surface area contributed by atoms with E-state index in [1.807, 2.05) is 18.2 Å². The van der Waals surface area contributed by atoms with Crippen LogP contribution in [0.1, 0.15) is 26.3 Å². The summed E-state index contributed by atoms with van der Waals surface area (Å²) < 4.78 is 0.812. The highest BCUT2D eigenvalue weighted by Gasteiger charge is 2.21. The molecule has 0 bridgehead atoms. The van der Waals surface area contributed by atoms with E-state index in [1.54, 1.807) is 48.5 Å². The third kappa shape index (κ3) is 6.16. The number of ketones is 1. The van der Waals surface area contributed by atoms with E-state index in [0.29, 0.717) is 23.2 Å². The SMILES string of the molecule is Cl.O=C(NCCN1CCN(c2nc3ccc([N+](=O)[O-])cc3s2)CC1)c1ccc(C(=O)c2ccccc2)cc1. The van der Waals surface area contributed by atoms with Crippen LogP contribution in [0.15, 0.2) is 72.8 Å². The van der Waals surface area contributed by atoms with E-state index in [4.69, 9.17) is 0 Å². The number of carbonyl (C=O) groups excluding carboxylic acids is 2. The number of rotatable bonds is 8. The highest BCUT2D eigenvalue weighted by atomic mass is 35.5. The van der Waals surface area contributed by atoms with E-state index < -0.39 is 4.92 Å². The minimum Gasteiger partial charge on any atom is -0.351 e. The molecule has 11 heteroatoms. The van der Waals surface area contributed by atoms with Gasteiger partial charge in [0.25, 0.3) is 11.6 Å². The van der Waals surface area contributed by atoms with Gasteiger partial charge >= 0.3 is 0 Å². The van der Waals surface area contributed by atoms with E-state index in [2.05, 4.69) is 20.1 Å². The summed E-state index contributed by atoms with van der Waals surface area (Å²) in [5, 5.41) is 14.9. The third-order valence-electron chi connectivity index (χ3n) is 6.37. The molecule has 2 heterocycles. The van der Waals surface area contributed by atoms with Crippen molar-refractivity contribution in [2.45, 2.75) is 0 Å². The zero-order chi connectivity index (χ0) is 25.8. The Balaban J connectivity index is 0.00000336. The van der Waals surface area contributed by atoms with Crippen LogP contribution in [-0.2, 0) is 0 Å². The second-order valence-electron chi connectivity index (χ2n) is 8.76. The van der Waals surface area contributed by atoms with E-state index >= 15 is 0 Å². The average Bonchev–Trinajstić information content (AvgIpc) is 3.37. The van der Waals surface area contributed by atoms with Gasteiger partial charge in [0.15, 0.2) is 10.9 Å². The highest BCUT2D eigenvalue weighted by Crippen LogP contribution is 2.31. The minimum absolute atomic E-state index is 0. The van der Waals surface area contributed by atoms with Gasteiger partial charge in [-0.15, -0.1) is 12.4 Å². The lowest BCUT2D eigenvalue weighted by atomic mass is 10.0. The van der Waals surface area contributed by atoms with Crippen LogP contribution >= 0.6 is 23.7 Å². The molecule has 0 radical (unpaired) electrons. The van der Waals surface area contributed by atoms with Crippen LogP contribution in [0, 0.1) is 10.1 Å². The summed E-state index contributed by atoms with van der Waals surface area (Å²) in [6.07, 6.45) is 0. The first kappa shape index (κ1) is 27.2. The lowest BCUT2D eigenvalue weighted by molar-refractivity contribution is -0.384. The van der Waals surface area contributed by atoms with Crippen molar-refractivity contribution in [1.82, 2.24) is 15.2 Å². The zero-order valence-corrected chi connectivity index (χ0v) is 22.0. The fraction of sp³-hybridized carbons (Fsp3) is 0.222. The van der Waals surface area contributed by atoms with Crippen LogP contribution in [-0.4, -0.2) is 65.8 Å². The van der Waals surface area contributed by atoms with Gasteiger partial charge in [-0.25, -0.2) is 4.98 Å². The van der Waals surface area contributed by atoms with Crippen LogP contribution in [0.5, 0.6) is 0 Å². The molecule has 4 aromatic rings. The first-order chi connectivity index (χ1) is 18.0. The number of piperazine rings is 1. The Morgan fingerprint density at radius 2 is 1.58 bits per heavy atom. The number of nitrogens with one attached hydrogen (secondary N) is 1. The van der Waals surface area contributed by atoms with Gasteiger partial charge < -0.3 is 10.2 Å². The molecule has 0 unspecified atom stereocenters. The molecule has 0 atom stereocenters. The number of nitro benzene ring substituents is 1. The minimum atomic E-state index is -0.390. The quantitative estimate of drug-likeness (QED) is 0.196. The molecule has 1 saturated heterocycles. The molecular weight excluding hydrogens is 526 g/mol. The van der Waals surface area contributed by atoms with Crippen LogP contribution in [0.3, 0.4) is 0 Å². The molecule has 9 nitrogen and oxygen atoms in total. The fourth-order valence-electron chi connectivity index (χ4n) is 4.27. The standard InChI is InChI=1S/C27H25N5O4S.ClH/c33-25(19-4-2-1-3-5-19)20-6-8-21(9-7-20)26(34)28-12-13-30-14-16-31(17-15-30)27-29-23-11-10-22(32(35)36)18-24(23)37-27;/h1-11,18H,12-17H2,(H,28,34);1H. The monoisotopic (exact) mass is 551 g/mol. The van der Waals surface area contributed by atoms with Crippen molar-refractivity contribution >= 4 is 56.5 Å². The second-order valence-corrected chi connectivity index (χ2v) is 9.77. The smallest absolute Gasteiger partial charge is 0.270 e. The van der Waals surface area contributed by atoms with E-state index in [-0.39, 0.29) is 29.8 Å². The molecule has 1 aliphatic heterocycles. The number of anilines is 1. The van der Waals surface area contributed by atoms with Crippen molar-refractivity contribution in [3.05, 3.63) is 99.6 Å². The molecule has 0 spiro atoms. The van der Waals surface area contributed by atoms with E-state index in [0.717, 1.165) is 48.1 Å². The van der Waals surface area contributed by atoms with Gasteiger partial charge in [0, 0.05) is 68.1 Å². The Hall–Kier alpha value is -3.86. The Morgan fingerprint density at radius 3 is 2.26 bits per heavy atom. The Morgan fingerprint density at radius 1 is 0.921 bits per heavy atom. The van der Waals surface area contributed by atoms with Gasteiger partial charge in [-0.3, -0.25) is 24.6 Å². The van der Waals surface area contributed by atoms with Crippen molar-refractivity contribution in [2.75, 3.05) is 44.2 Å². The molecule has 1 N–H and O–H groups in total. The van der Waals surface area contributed by atoms with Crippen molar-refractivity contribution in [3.63, 3.8) is 0 Å². The number of thiazole rings is 1. The lowest BCUT2D eigenvalue weighted by Crippen LogP contribution is -2.48. The van der Waals surface area contributed by atoms with Crippen molar-refractivity contribution in [1.29, 1.82) is 0 Å². The number of amides is 1. The van der Waals surface area contributed by atoms with Gasteiger partial charge in [-0.2, -0.15) is 0 Å². The number of fused-ring (bicyclic) bond motifs is 1. The van der Waals surface area contributed by atoms with Gasteiger partial charge in [-0.05, 0) is 18.2 Å². The third-order valence-corrected chi connectivity index (χ3v) is 7.45. The molecular formula is C27H26ClN5O4S. The number of hydrogen-bond donors (Lipinski definition) is 1. The first-order valence-electron chi connectivity index (χ1n) is 12.0. The normalized spacial score (nSPS) is 13.6. The number of nitro groups is 1. The highest BCUT2D eigenvalue weighted by molar-refractivity contribution is 7.22. The number of carbonyl (C=O) groups is 2. The molecule has 1 amide bonds. The summed E-state index contributed by atoms with van der Waals surface area (Å²) in [7, 11) is 0. The number of hydrogen-bond acceptors (Lipinski definition) is 8. The van der Waals surface area contributed by atoms with E-state index in [9.17, 15) is 19.7 Å². The maximum Gasteiger partial charge on any atom is 0.270 e. The molecule has 196 valence electrons. The van der Waals surface area contributed by atoms with Crippen molar-refractivity contribution < 1.29 is 14.5 Å². The van der Waals surface area contributed by atoms with Crippen molar-refractivity contribution in [3.8, 4) is 0 Å². The molecule has 5 rings (SSSR count). The summed E-state index contributed by atoms with van der Waals surface area (Å²) in [6, 6.07) is 20.5. The van der Waals surface area contributed by atoms with Crippen LogP contribution < -0.4 is 10.2 Å². The lowest BCUT2D eigenvalue weighted by Gasteiger charge is -2.34. The molecule has 38 heavy (non-hydrogen) atoms. The first-order valence-corrected chi connectivity index (χ1v) is 12.8. The zero-order valence-electron chi connectivity index (χ0n) is 20.4. The Kier molecular flexibility index (Phi) is 8.67. The summed E-state index contributed by atoms with van der Waals surface area (Å²) in [4.78, 5) is 44.8. The predicted molar refractivity (Wildman–Crippen MR) is 151 cm³/mol. The number of aromatic nitrogens is 1. The van der Waals surface area contributed by atoms with Crippen LogP contribution in [0.4, 0.5) is 10.8 Å². The number of non-ortho nitro benzene ring substituents is 1. The summed E-state index contributed by atoms with van der Waals surface area (Å²) in [6.45, 7) is 4.52. The summed E-state index contributed by atoms with van der Waals surface area (Å²) in [5.41, 5.74) is 2.53. The molecule has 1 aromatic heterocycles. The largest absolute Gasteiger partial charge is 0.351 e. The second kappa shape index (κ2) is 12.1. The van der Waals surface area contributed by atoms with Crippen LogP contribution in [0.2, 0.25) is 0 Å². The van der Waals surface area contributed by atoms with Crippen molar-refractivity contribution in [2.24, 2.45) is 0 Å². The van der Waals surface area contributed by atoms with Gasteiger partial charge in [0.2, 0.25) is 0 Å². The topological polar surface area (TPSA) is 109 Å². The van der Waals surface area contributed by atoms with Gasteiger partial charge in [0.1, 0.15) is 0 Å². The fourth-order valence-corrected chi connectivity index (χ4v) is 5.32. The maximum absolute atomic E-state index is 12.6. The Labute approximate surface area is 229 Å². The molecule has 0 aliphatic carbocycles. The molecule has 1 fully saturated rings. The number of nitrogens with zero attached hydrogens (tertiary/aromatic N) is 4. The van der Waals surface area contributed by atoms with Gasteiger partial charge in [0.05, 0.1) is 15.1 Å². The molecule has 0 saturated carbocycles. The van der Waals surface area contributed by atoms with E-state index in [1.165, 1.54) is 17.4 Å². The predicted octanol–water partition coefficient (Wildman–Crippen LogP) is 4.41. The number of benzene rings is 3. The average molecular weight is 552 g/mol. The maximum atomic E-state index is 12.6. The Bertz CT molecular complexity index is 1440. The summed E-state index contributed by atoms with van der Waals surface area (Å²) >= 11 is 1.47. The summed E-state index contributed by atoms with van der Waals surface area (Å²) in [5.74, 6) is -0.236. The van der Waals surface area contributed by atoms with Gasteiger partial charge in [-0.1, -0.05) is 53.8 Å². The molecule has 1 aliphatic rings. The number of halogens is 1. The molecule has 3 aromatic carbocycles. The van der Waals surface area contributed by atoms with Crippen LogP contribution in [0.25, 0.3) is 10.2 Å².